The summed E-state index contributed by atoms with van der Waals surface area (Å²) in [5, 5.41) is 15.0. The zero-order valence-electron chi connectivity index (χ0n) is 16.5. The Hall–Kier alpha value is -2.13. The van der Waals surface area contributed by atoms with E-state index in [9.17, 15) is 9.50 Å². The van der Waals surface area contributed by atoms with Crippen molar-refractivity contribution in [2.24, 2.45) is 10.9 Å². The Balaban J connectivity index is 2.13. The molecule has 0 saturated carbocycles. The number of hydrogen-bond donors (Lipinski definition) is 2. The Labute approximate surface area is 180 Å². The van der Waals surface area contributed by atoms with Crippen molar-refractivity contribution in [1.82, 2.24) is 10.3 Å². The van der Waals surface area contributed by atoms with Crippen LogP contribution in [-0.4, -0.2) is 39.2 Å². The smallest absolute Gasteiger partial charge is 0.254 e. The van der Waals surface area contributed by atoms with E-state index in [1.165, 1.54) is 23.9 Å². The highest BCUT2D eigenvalue weighted by atomic mass is 32.2. The minimum absolute atomic E-state index is 0.0000595. The van der Waals surface area contributed by atoms with Gasteiger partial charge in [-0.25, -0.2) is 13.9 Å². The molecule has 1 aliphatic rings. The summed E-state index contributed by atoms with van der Waals surface area (Å²) in [5.74, 6) is -0.191. The van der Waals surface area contributed by atoms with Crippen LogP contribution in [0.1, 0.15) is 19.4 Å². The first-order valence-corrected chi connectivity index (χ1v) is 10.5. The van der Waals surface area contributed by atoms with E-state index in [0.717, 1.165) is 21.2 Å². The number of aliphatic imine (C=N–C) groups is 1. The van der Waals surface area contributed by atoms with Crippen molar-refractivity contribution in [2.75, 3.05) is 7.05 Å². The molecule has 5 nitrogen and oxygen atoms in total. The second-order valence-electron chi connectivity index (χ2n) is 7.09. The number of hydrogen-bond acceptors (Lipinski definition) is 5. The first-order valence-electron chi connectivity index (χ1n) is 9.26. The number of rotatable bonds is 7. The van der Waals surface area contributed by atoms with Crippen LogP contribution in [0, 0.1) is 11.7 Å². The predicted octanol–water partition coefficient (Wildman–Crippen LogP) is 4.06. The van der Waals surface area contributed by atoms with E-state index in [4.69, 9.17) is 12.2 Å². The zero-order valence-corrected chi connectivity index (χ0v) is 18.2. The molecule has 2 heterocycles. The first-order chi connectivity index (χ1) is 13.9. The average molecular weight is 432 g/mol. The number of pyridine rings is 1. The Morgan fingerprint density at radius 3 is 2.72 bits per heavy atom. The van der Waals surface area contributed by atoms with Gasteiger partial charge in [-0.3, -0.25) is 4.98 Å². The molecule has 2 unspecified atom stereocenters. The van der Waals surface area contributed by atoms with Gasteiger partial charge in [-0.05, 0) is 36.0 Å². The number of aliphatic hydroxyl groups excluding tert-OH is 1. The summed E-state index contributed by atoms with van der Waals surface area (Å²) in [4.78, 5) is 9.91. The zero-order chi connectivity index (χ0) is 21.0. The highest BCUT2D eigenvalue weighted by Gasteiger charge is 2.48. The van der Waals surface area contributed by atoms with E-state index in [1.54, 1.807) is 31.8 Å². The molecule has 1 aromatic heterocycles. The van der Waals surface area contributed by atoms with Crippen LogP contribution in [0.3, 0.4) is 0 Å². The molecule has 0 bridgehead atoms. The van der Waals surface area contributed by atoms with Crippen LogP contribution in [0.25, 0.3) is 0 Å². The minimum atomic E-state index is -1.05. The number of halogens is 1. The predicted molar refractivity (Wildman–Crippen MR) is 118 cm³/mol. The van der Waals surface area contributed by atoms with Gasteiger partial charge in [-0.2, -0.15) is 0 Å². The highest BCUT2D eigenvalue weighted by molar-refractivity contribution is 8.02. The summed E-state index contributed by atoms with van der Waals surface area (Å²) in [6.07, 6.45) is 4.16. The molecule has 8 heteroatoms. The first kappa shape index (κ1) is 21.6. The third kappa shape index (κ3) is 4.56. The van der Waals surface area contributed by atoms with Crippen LogP contribution < -0.4 is 5.32 Å². The molecule has 3 rings (SSSR count). The molecule has 0 saturated heterocycles. The summed E-state index contributed by atoms with van der Waals surface area (Å²) in [6, 6.07) is 10.2. The third-order valence-corrected chi connectivity index (χ3v) is 6.29. The number of thioether (sulfide) groups is 1. The largest absolute Gasteiger partial charge is 0.376 e. The van der Waals surface area contributed by atoms with Gasteiger partial charge in [0.2, 0.25) is 5.03 Å². The maximum Gasteiger partial charge on any atom is 0.254 e. The van der Waals surface area contributed by atoms with Crippen molar-refractivity contribution in [3.05, 3.63) is 70.9 Å². The summed E-state index contributed by atoms with van der Waals surface area (Å²) in [6.45, 7) is 4.51. The van der Waals surface area contributed by atoms with E-state index in [-0.39, 0.29) is 16.2 Å². The third-order valence-electron chi connectivity index (χ3n) is 4.64. The second kappa shape index (κ2) is 9.13. The second-order valence-corrected chi connectivity index (χ2v) is 8.59. The molecule has 2 N–H and O–H groups in total. The number of aliphatic hydroxyl groups is 1. The molecule has 2 aromatic rings. The van der Waals surface area contributed by atoms with Crippen LogP contribution in [0.4, 0.5) is 4.39 Å². The maximum absolute atomic E-state index is 13.8. The molecule has 0 radical (unpaired) electrons. The van der Waals surface area contributed by atoms with Gasteiger partial charge < -0.3 is 10.4 Å². The van der Waals surface area contributed by atoms with Gasteiger partial charge in [-0.15, -0.1) is 0 Å². The normalized spacial score (nSPS) is 19.7. The van der Waals surface area contributed by atoms with Crippen LogP contribution in [0.5, 0.6) is 0 Å². The summed E-state index contributed by atoms with van der Waals surface area (Å²) < 4.78 is 13.8. The maximum atomic E-state index is 13.8. The minimum Gasteiger partial charge on any atom is -0.376 e. The molecular formula is C21H24FN4OS2+. The number of nitrogens with one attached hydrogen (secondary N) is 1. The molecule has 2 atom stereocenters. The molecule has 0 spiro atoms. The van der Waals surface area contributed by atoms with Crippen molar-refractivity contribution >= 4 is 35.3 Å². The van der Waals surface area contributed by atoms with E-state index < -0.39 is 6.23 Å². The molecule has 29 heavy (non-hydrogen) atoms. The van der Waals surface area contributed by atoms with Crippen LogP contribution in [0.15, 0.2) is 69.4 Å². The van der Waals surface area contributed by atoms with Gasteiger partial charge in [0.25, 0.3) is 6.23 Å². The van der Waals surface area contributed by atoms with Crippen molar-refractivity contribution in [1.29, 1.82) is 0 Å². The standard InChI is InChI=1S/C21H23FN4OS2/c1-14(2)18-21(29-17-8-4-7-16(22)10-17)26(13-25-18,20(27)19(28)23-3)12-15-6-5-9-24-11-15/h4-11,13-14,20,27H,12H2,1-3H3/p+1. The molecule has 152 valence electrons. The fourth-order valence-electron chi connectivity index (χ4n) is 3.17. The number of allylic oxidation sites excluding steroid dienone is 1. The van der Waals surface area contributed by atoms with Crippen LogP contribution in [-0.2, 0) is 6.54 Å². The summed E-state index contributed by atoms with van der Waals surface area (Å²) in [5.41, 5.74) is 1.78. The quantitative estimate of drug-likeness (QED) is 0.511. The lowest BCUT2D eigenvalue weighted by Gasteiger charge is -2.36. The molecule has 1 aromatic carbocycles. The highest BCUT2D eigenvalue weighted by Crippen LogP contribution is 2.44. The van der Waals surface area contributed by atoms with E-state index in [2.05, 4.69) is 15.3 Å². The van der Waals surface area contributed by atoms with Crippen molar-refractivity contribution < 1.29 is 14.0 Å². The van der Waals surface area contributed by atoms with Gasteiger partial charge in [0.15, 0.2) is 11.3 Å². The molecule has 0 fully saturated rings. The number of benzene rings is 1. The number of thiocarbonyl (C=S) groups is 1. The van der Waals surface area contributed by atoms with E-state index >= 15 is 0 Å². The molecular weight excluding hydrogens is 407 g/mol. The van der Waals surface area contributed by atoms with Gasteiger partial charge in [-0.1, -0.05) is 38.2 Å². The Bertz CT molecular complexity index is 949. The Morgan fingerprint density at radius 2 is 2.10 bits per heavy atom. The Kier molecular flexibility index (Phi) is 6.79. The van der Waals surface area contributed by atoms with Crippen molar-refractivity contribution in [3.8, 4) is 0 Å². The lowest BCUT2D eigenvalue weighted by Crippen LogP contribution is -2.56. The monoisotopic (exact) mass is 431 g/mol. The van der Waals surface area contributed by atoms with Crippen LogP contribution >= 0.6 is 24.0 Å². The number of aromatic nitrogens is 1. The fourth-order valence-corrected chi connectivity index (χ4v) is 4.67. The van der Waals surface area contributed by atoms with E-state index in [0.29, 0.717) is 11.5 Å². The van der Waals surface area contributed by atoms with Gasteiger partial charge in [0.1, 0.15) is 18.1 Å². The number of nitrogens with zero attached hydrogens (tertiary/aromatic N) is 3. The number of quaternary nitrogens is 1. The fraction of sp³-hybridized carbons (Fsp3) is 0.286. The molecule has 0 amide bonds. The molecule has 1 aliphatic heterocycles. The summed E-state index contributed by atoms with van der Waals surface area (Å²) >= 11 is 6.80. The van der Waals surface area contributed by atoms with Crippen molar-refractivity contribution in [2.45, 2.75) is 31.5 Å². The van der Waals surface area contributed by atoms with Gasteiger partial charge >= 0.3 is 0 Å². The summed E-state index contributed by atoms with van der Waals surface area (Å²) in [7, 11) is 1.69. The van der Waals surface area contributed by atoms with Gasteiger partial charge in [0.05, 0.1) is 0 Å². The van der Waals surface area contributed by atoms with E-state index in [1.807, 2.05) is 32.0 Å². The number of likely N-dealkylation sites (N-methyl/N-ethyl adjacent to an activating group) is 1. The average Bonchev–Trinajstić information content (AvgIpc) is 3.06. The molecule has 0 aliphatic carbocycles. The Morgan fingerprint density at radius 1 is 1.31 bits per heavy atom. The van der Waals surface area contributed by atoms with Crippen molar-refractivity contribution in [3.63, 3.8) is 0 Å². The topological polar surface area (TPSA) is 57.5 Å². The lowest BCUT2D eigenvalue weighted by atomic mass is 10.1. The SMILES string of the molecule is CNC(=S)C(O)[N+]1(Cc2cccnc2)C=NC(C(C)C)=C1Sc1cccc(F)c1. The lowest BCUT2D eigenvalue weighted by molar-refractivity contribution is -0.839. The van der Waals surface area contributed by atoms with Gasteiger partial charge in [0, 0.05) is 35.8 Å². The van der Waals surface area contributed by atoms with Crippen LogP contribution in [0.2, 0.25) is 0 Å².